The average Bonchev–Trinajstić information content (AvgIpc) is 3.42. The van der Waals surface area contributed by atoms with Crippen LogP contribution in [0.5, 0.6) is 5.75 Å². The predicted molar refractivity (Wildman–Crippen MR) is 88.7 cm³/mol. The molecule has 0 heterocycles. The van der Waals surface area contributed by atoms with Crippen molar-refractivity contribution in [3.8, 4) is 5.75 Å². The van der Waals surface area contributed by atoms with Crippen LogP contribution < -0.4 is 15.4 Å². The molecule has 0 aliphatic heterocycles. The molecule has 2 N–H and O–H groups in total. The van der Waals surface area contributed by atoms with Crippen LogP contribution in [0.25, 0.3) is 0 Å². The zero-order chi connectivity index (χ0) is 16.2. The van der Waals surface area contributed by atoms with Crippen molar-refractivity contribution in [2.75, 3.05) is 17.7 Å². The Morgan fingerprint density at radius 2 is 1.48 bits per heavy atom. The van der Waals surface area contributed by atoms with E-state index >= 15 is 0 Å². The van der Waals surface area contributed by atoms with Crippen LogP contribution in [0, 0.1) is 5.92 Å². The minimum atomic E-state index is -0.192. The largest absolute Gasteiger partial charge is 0.497 e. The molecule has 0 radical (unpaired) electrons. The van der Waals surface area contributed by atoms with E-state index in [0.29, 0.717) is 17.0 Å². The Bertz CT molecular complexity index is 704. The zero-order valence-corrected chi connectivity index (χ0v) is 12.8. The van der Waals surface area contributed by atoms with Crippen molar-refractivity contribution >= 4 is 23.2 Å². The van der Waals surface area contributed by atoms with Gasteiger partial charge in [0.25, 0.3) is 5.91 Å². The van der Waals surface area contributed by atoms with Gasteiger partial charge in [0.1, 0.15) is 5.75 Å². The van der Waals surface area contributed by atoms with Gasteiger partial charge in [-0.1, -0.05) is 0 Å². The summed E-state index contributed by atoms with van der Waals surface area (Å²) in [5.74, 6) is 0.754. The first-order valence-electron chi connectivity index (χ1n) is 7.52. The molecule has 2 aromatic carbocycles. The van der Waals surface area contributed by atoms with Crippen LogP contribution in [0.3, 0.4) is 0 Å². The molecule has 1 aliphatic carbocycles. The van der Waals surface area contributed by atoms with Crippen molar-refractivity contribution in [2.45, 2.75) is 12.8 Å². The lowest BCUT2D eigenvalue weighted by Crippen LogP contribution is -2.14. The molecular formula is C18H18N2O3. The maximum absolute atomic E-state index is 12.2. The molecule has 1 saturated carbocycles. The molecule has 0 unspecified atom stereocenters. The highest BCUT2D eigenvalue weighted by Crippen LogP contribution is 2.30. The van der Waals surface area contributed by atoms with Crippen molar-refractivity contribution in [2.24, 2.45) is 5.92 Å². The van der Waals surface area contributed by atoms with E-state index in [0.717, 1.165) is 18.5 Å². The van der Waals surface area contributed by atoms with E-state index in [4.69, 9.17) is 4.74 Å². The van der Waals surface area contributed by atoms with Crippen molar-refractivity contribution in [1.82, 2.24) is 0 Å². The summed E-state index contributed by atoms with van der Waals surface area (Å²) in [6, 6.07) is 14.0. The van der Waals surface area contributed by atoms with E-state index in [9.17, 15) is 9.59 Å². The molecule has 0 bridgehead atoms. The number of hydrogen-bond donors (Lipinski definition) is 2. The maximum atomic E-state index is 12.2. The molecule has 3 rings (SSSR count). The molecule has 0 aromatic heterocycles. The summed E-state index contributed by atoms with van der Waals surface area (Å²) in [6.07, 6.45) is 1.95. The van der Waals surface area contributed by atoms with Crippen molar-refractivity contribution in [3.63, 3.8) is 0 Å². The summed E-state index contributed by atoms with van der Waals surface area (Å²) in [4.78, 5) is 23.8. The predicted octanol–water partition coefficient (Wildman–Crippen LogP) is 3.30. The third-order valence-corrected chi connectivity index (χ3v) is 3.71. The highest BCUT2D eigenvalue weighted by atomic mass is 16.5. The number of amides is 2. The van der Waals surface area contributed by atoms with Gasteiger partial charge in [-0.3, -0.25) is 9.59 Å². The van der Waals surface area contributed by atoms with E-state index in [2.05, 4.69) is 10.6 Å². The van der Waals surface area contributed by atoms with Gasteiger partial charge in [-0.2, -0.15) is 0 Å². The Balaban J connectivity index is 1.60. The van der Waals surface area contributed by atoms with Crippen LogP contribution in [0.2, 0.25) is 0 Å². The molecular weight excluding hydrogens is 292 g/mol. The Labute approximate surface area is 134 Å². The molecule has 1 fully saturated rings. The fourth-order valence-corrected chi connectivity index (χ4v) is 2.17. The van der Waals surface area contributed by atoms with Crippen LogP contribution in [0.4, 0.5) is 11.4 Å². The van der Waals surface area contributed by atoms with E-state index < -0.39 is 0 Å². The van der Waals surface area contributed by atoms with Gasteiger partial charge in [-0.05, 0) is 61.4 Å². The van der Waals surface area contributed by atoms with Gasteiger partial charge in [0.05, 0.1) is 7.11 Å². The second-order valence-corrected chi connectivity index (χ2v) is 5.52. The second-order valence-electron chi connectivity index (χ2n) is 5.52. The Kier molecular flexibility index (Phi) is 4.28. The summed E-state index contributed by atoms with van der Waals surface area (Å²) in [7, 11) is 1.58. The Morgan fingerprint density at radius 3 is 2.00 bits per heavy atom. The third kappa shape index (κ3) is 3.88. The van der Waals surface area contributed by atoms with E-state index in [-0.39, 0.29) is 17.7 Å². The molecule has 5 nitrogen and oxygen atoms in total. The topological polar surface area (TPSA) is 67.4 Å². The summed E-state index contributed by atoms with van der Waals surface area (Å²) >= 11 is 0. The normalized spacial score (nSPS) is 13.3. The standard InChI is InChI=1S/C18H18N2O3/c1-23-16-10-4-13(5-11-16)18(22)20-15-8-6-14(7-9-15)19-17(21)12-2-3-12/h4-12H,2-3H2,1H3,(H,19,21)(H,20,22). The first kappa shape index (κ1) is 15.1. The number of carbonyl (C=O) groups excluding carboxylic acids is 2. The second kappa shape index (κ2) is 6.52. The van der Waals surface area contributed by atoms with Gasteiger partial charge in [0.2, 0.25) is 5.91 Å². The lowest BCUT2D eigenvalue weighted by molar-refractivity contribution is -0.117. The zero-order valence-electron chi connectivity index (χ0n) is 12.8. The number of rotatable bonds is 5. The number of nitrogens with one attached hydrogen (secondary N) is 2. The van der Waals surface area contributed by atoms with Gasteiger partial charge < -0.3 is 15.4 Å². The van der Waals surface area contributed by atoms with Gasteiger partial charge in [-0.25, -0.2) is 0 Å². The molecule has 0 atom stereocenters. The van der Waals surface area contributed by atoms with Gasteiger partial charge in [-0.15, -0.1) is 0 Å². The minimum Gasteiger partial charge on any atom is -0.497 e. The van der Waals surface area contributed by atoms with Crippen LogP contribution in [-0.2, 0) is 4.79 Å². The summed E-state index contributed by atoms with van der Waals surface area (Å²) in [5, 5.41) is 5.68. The number of carbonyl (C=O) groups is 2. The van der Waals surface area contributed by atoms with Gasteiger partial charge in [0.15, 0.2) is 0 Å². The molecule has 0 spiro atoms. The molecule has 23 heavy (non-hydrogen) atoms. The molecule has 1 aliphatic rings. The van der Waals surface area contributed by atoms with E-state index in [1.807, 2.05) is 0 Å². The number of hydrogen-bond acceptors (Lipinski definition) is 3. The van der Waals surface area contributed by atoms with E-state index in [1.165, 1.54) is 0 Å². The van der Waals surface area contributed by atoms with Crippen molar-refractivity contribution in [1.29, 1.82) is 0 Å². The van der Waals surface area contributed by atoms with Crippen LogP contribution in [0.1, 0.15) is 23.2 Å². The monoisotopic (exact) mass is 310 g/mol. The van der Waals surface area contributed by atoms with E-state index in [1.54, 1.807) is 55.6 Å². The number of benzene rings is 2. The minimum absolute atomic E-state index is 0.0695. The first-order valence-corrected chi connectivity index (χ1v) is 7.52. The molecule has 0 saturated heterocycles. The van der Waals surface area contributed by atoms with Gasteiger partial charge >= 0.3 is 0 Å². The lowest BCUT2D eigenvalue weighted by atomic mass is 10.2. The molecule has 2 amide bonds. The maximum Gasteiger partial charge on any atom is 0.255 e. The number of anilines is 2. The van der Waals surface area contributed by atoms with Crippen molar-refractivity contribution < 1.29 is 14.3 Å². The smallest absolute Gasteiger partial charge is 0.255 e. The van der Waals surface area contributed by atoms with Crippen LogP contribution in [-0.4, -0.2) is 18.9 Å². The third-order valence-electron chi connectivity index (χ3n) is 3.71. The quantitative estimate of drug-likeness (QED) is 0.890. The summed E-state index contributed by atoms with van der Waals surface area (Å²) < 4.78 is 5.07. The average molecular weight is 310 g/mol. The fraction of sp³-hybridized carbons (Fsp3) is 0.222. The highest BCUT2D eigenvalue weighted by molar-refractivity contribution is 6.04. The fourth-order valence-electron chi connectivity index (χ4n) is 2.17. The molecule has 2 aromatic rings. The molecule has 118 valence electrons. The first-order chi connectivity index (χ1) is 11.2. The van der Waals surface area contributed by atoms with Gasteiger partial charge in [0, 0.05) is 22.9 Å². The number of ether oxygens (including phenoxy) is 1. The SMILES string of the molecule is COc1ccc(C(=O)Nc2ccc(NC(=O)C3CC3)cc2)cc1. The summed E-state index contributed by atoms with van der Waals surface area (Å²) in [6.45, 7) is 0. The van der Waals surface area contributed by atoms with Crippen LogP contribution >= 0.6 is 0 Å². The lowest BCUT2D eigenvalue weighted by Gasteiger charge is -2.08. The highest BCUT2D eigenvalue weighted by Gasteiger charge is 2.29. The summed E-state index contributed by atoms with van der Waals surface area (Å²) in [5.41, 5.74) is 1.97. The number of methoxy groups -OCH3 is 1. The Morgan fingerprint density at radius 1 is 0.913 bits per heavy atom. The molecule has 5 heteroatoms. The Hall–Kier alpha value is -2.82. The van der Waals surface area contributed by atoms with Crippen molar-refractivity contribution in [3.05, 3.63) is 54.1 Å². The van der Waals surface area contributed by atoms with Crippen LogP contribution in [0.15, 0.2) is 48.5 Å².